The molecule has 0 aromatic heterocycles. The molecule has 0 bridgehead atoms. The molecule has 136 valence electrons. The number of hydrogen-bond donors (Lipinski definition) is 2. The third kappa shape index (κ3) is 4.92. The second-order valence-corrected chi connectivity index (χ2v) is 6.11. The maximum Gasteiger partial charge on any atom is 0.337 e. The Hall–Kier alpha value is -3.15. The Morgan fingerprint density at radius 3 is 2.38 bits per heavy atom. The second kappa shape index (κ2) is 8.29. The number of carboxylic acid groups (broad SMARTS) is 1. The number of ketones is 1. The highest BCUT2D eigenvalue weighted by Crippen LogP contribution is 2.24. The highest BCUT2D eigenvalue weighted by atomic mass is 16.5. The van der Waals surface area contributed by atoms with Gasteiger partial charge in [-0.3, -0.25) is 9.59 Å². The lowest BCUT2D eigenvalue weighted by Gasteiger charge is -2.14. The van der Waals surface area contributed by atoms with Crippen LogP contribution in [0, 0.1) is 13.8 Å². The Balaban J connectivity index is 2.11. The average Bonchev–Trinajstić information content (AvgIpc) is 2.56. The SMILES string of the molecule is CC(=O)Cc1cc(C)c(C)cc1OCC(=O)Nc1ccccc1C(=O)O. The number of nitrogens with one attached hydrogen (secondary N) is 1. The molecule has 0 aliphatic rings. The molecule has 0 saturated heterocycles. The van der Waals surface area contributed by atoms with Crippen LogP contribution in [0.4, 0.5) is 5.69 Å². The molecule has 1 amide bonds. The van der Waals surface area contributed by atoms with Crippen LogP contribution in [0.25, 0.3) is 0 Å². The minimum atomic E-state index is -1.13. The number of anilines is 1. The molecule has 6 nitrogen and oxygen atoms in total. The van der Waals surface area contributed by atoms with E-state index in [1.807, 2.05) is 19.9 Å². The molecular formula is C20H21NO5. The number of aromatic carboxylic acids is 1. The average molecular weight is 355 g/mol. The van der Waals surface area contributed by atoms with Crippen LogP contribution in [-0.4, -0.2) is 29.4 Å². The van der Waals surface area contributed by atoms with Gasteiger partial charge in [0.05, 0.1) is 11.3 Å². The molecule has 0 saturated carbocycles. The summed E-state index contributed by atoms with van der Waals surface area (Å²) in [4.78, 5) is 34.8. The van der Waals surface area contributed by atoms with Crippen molar-refractivity contribution in [1.29, 1.82) is 0 Å². The third-order valence-electron chi connectivity index (χ3n) is 3.91. The lowest BCUT2D eigenvalue weighted by Crippen LogP contribution is -2.22. The monoisotopic (exact) mass is 355 g/mol. The van der Waals surface area contributed by atoms with E-state index in [1.165, 1.54) is 19.1 Å². The standard InChI is InChI=1S/C20H21NO5/c1-12-8-15(10-14(3)22)18(9-13(12)2)26-11-19(23)21-17-7-5-4-6-16(17)20(24)25/h4-9H,10-11H2,1-3H3,(H,21,23)(H,24,25). The number of benzene rings is 2. The van der Waals surface area contributed by atoms with Gasteiger partial charge in [0.25, 0.3) is 5.91 Å². The molecule has 0 unspecified atom stereocenters. The van der Waals surface area contributed by atoms with E-state index in [0.717, 1.165) is 16.7 Å². The smallest absolute Gasteiger partial charge is 0.337 e. The molecule has 2 rings (SSSR count). The number of hydrogen-bond acceptors (Lipinski definition) is 4. The summed E-state index contributed by atoms with van der Waals surface area (Å²) >= 11 is 0. The lowest BCUT2D eigenvalue weighted by molar-refractivity contribution is -0.118. The summed E-state index contributed by atoms with van der Waals surface area (Å²) in [7, 11) is 0. The van der Waals surface area contributed by atoms with E-state index in [4.69, 9.17) is 9.84 Å². The van der Waals surface area contributed by atoms with Gasteiger partial charge in [0, 0.05) is 12.0 Å². The quantitative estimate of drug-likeness (QED) is 0.796. The van der Waals surface area contributed by atoms with Crippen LogP contribution in [-0.2, 0) is 16.0 Å². The molecule has 0 aliphatic heterocycles. The highest BCUT2D eigenvalue weighted by Gasteiger charge is 2.14. The molecule has 6 heteroatoms. The van der Waals surface area contributed by atoms with Crippen molar-refractivity contribution in [3.63, 3.8) is 0 Å². The summed E-state index contributed by atoms with van der Waals surface area (Å²) < 4.78 is 5.60. The summed E-state index contributed by atoms with van der Waals surface area (Å²) in [5.41, 5.74) is 2.96. The molecular weight excluding hydrogens is 334 g/mol. The zero-order chi connectivity index (χ0) is 19.3. The molecule has 0 spiro atoms. The fraction of sp³-hybridized carbons (Fsp3) is 0.250. The van der Waals surface area contributed by atoms with Crippen molar-refractivity contribution in [2.45, 2.75) is 27.2 Å². The van der Waals surface area contributed by atoms with Crippen molar-refractivity contribution in [3.05, 3.63) is 58.7 Å². The fourth-order valence-corrected chi connectivity index (χ4v) is 2.50. The first-order chi connectivity index (χ1) is 12.3. The van der Waals surface area contributed by atoms with Crippen LogP contribution in [0.5, 0.6) is 5.75 Å². The minimum absolute atomic E-state index is 0.00191. The van der Waals surface area contributed by atoms with Gasteiger partial charge in [-0.1, -0.05) is 18.2 Å². The van der Waals surface area contributed by atoms with Crippen molar-refractivity contribution in [1.82, 2.24) is 0 Å². The molecule has 2 aromatic rings. The number of carbonyl (C=O) groups is 3. The topological polar surface area (TPSA) is 92.7 Å². The van der Waals surface area contributed by atoms with Crippen molar-refractivity contribution >= 4 is 23.3 Å². The summed E-state index contributed by atoms with van der Waals surface area (Å²) in [5, 5.41) is 11.7. The number of carboxylic acids is 1. The molecule has 0 atom stereocenters. The molecule has 26 heavy (non-hydrogen) atoms. The van der Waals surface area contributed by atoms with E-state index in [9.17, 15) is 14.4 Å². The number of Topliss-reactive ketones (excluding diaryl/α,β-unsaturated/α-hetero) is 1. The van der Waals surface area contributed by atoms with Crippen LogP contribution in [0.15, 0.2) is 36.4 Å². The van der Waals surface area contributed by atoms with Gasteiger partial charge >= 0.3 is 5.97 Å². The highest BCUT2D eigenvalue weighted by molar-refractivity contribution is 6.00. The first-order valence-corrected chi connectivity index (χ1v) is 8.12. The fourth-order valence-electron chi connectivity index (χ4n) is 2.50. The zero-order valence-electron chi connectivity index (χ0n) is 15.0. The van der Waals surface area contributed by atoms with Gasteiger partial charge in [-0.2, -0.15) is 0 Å². The van der Waals surface area contributed by atoms with Gasteiger partial charge in [-0.05, 0) is 50.1 Å². The zero-order valence-corrected chi connectivity index (χ0v) is 15.0. The van der Waals surface area contributed by atoms with Crippen LogP contribution < -0.4 is 10.1 Å². The Bertz CT molecular complexity index is 857. The number of aryl methyl sites for hydroxylation is 2. The van der Waals surface area contributed by atoms with Gasteiger partial charge < -0.3 is 15.2 Å². The molecule has 2 aromatic carbocycles. The summed E-state index contributed by atoms with van der Waals surface area (Å²) in [6.07, 6.45) is 0.222. The van der Waals surface area contributed by atoms with Gasteiger partial charge in [0.1, 0.15) is 11.5 Å². The second-order valence-electron chi connectivity index (χ2n) is 6.11. The number of carbonyl (C=O) groups excluding carboxylic acids is 2. The first-order valence-electron chi connectivity index (χ1n) is 8.12. The van der Waals surface area contributed by atoms with E-state index >= 15 is 0 Å². The third-order valence-corrected chi connectivity index (χ3v) is 3.91. The molecule has 0 radical (unpaired) electrons. The summed E-state index contributed by atoms with van der Waals surface area (Å²) in [5.74, 6) is -1.13. The molecule has 0 heterocycles. The van der Waals surface area contributed by atoms with Crippen molar-refractivity contribution in [2.75, 3.05) is 11.9 Å². The molecule has 0 fully saturated rings. The van der Waals surface area contributed by atoms with Crippen LogP contribution >= 0.6 is 0 Å². The molecule has 0 aliphatic carbocycles. The van der Waals surface area contributed by atoms with Crippen molar-refractivity contribution in [2.24, 2.45) is 0 Å². The first kappa shape index (κ1) is 19.2. The Kier molecular flexibility index (Phi) is 6.11. The van der Waals surface area contributed by atoms with E-state index in [-0.39, 0.29) is 30.1 Å². The van der Waals surface area contributed by atoms with Crippen molar-refractivity contribution in [3.8, 4) is 5.75 Å². The van der Waals surface area contributed by atoms with Gasteiger partial charge in [-0.25, -0.2) is 4.79 Å². The predicted octanol–water partition coefficient (Wildman–Crippen LogP) is 3.15. The van der Waals surface area contributed by atoms with Crippen LogP contribution in [0.3, 0.4) is 0 Å². The van der Waals surface area contributed by atoms with Crippen LogP contribution in [0.2, 0.25) is 0 Å². The Morgan fingerprint density at radius 2 is 1.73 bits per heavy atom. The van der Waals surface area contributed by atoms with Crippen molar-refractivity contribution < 1.29 is 24.2 Å². The maximum absolute atomic E-state index is 12.1. The summed E-state index contributed by atoms with van der Waals surface area (Å²) in [6, 6.07) is 9.82. The largest absolute Gasteiger partial charge is 0.483 e. The Morgan fingerprint density at radius 1 is 1.08 bits per heavy atom. The predicted molar refractivity (Wildman–Crippen MR) is 97.8 cm³/mol. The number of ether oxygens (including phenoxy) is 1. The van der Waals surface area contributed by atoms with E-state index in [1.54, 1.807) is 18.2 Å². The van der Waals surface area contributed by atoms with Gasteiger partial charge in [0.15, 0.2) is 6.61 Å². The minimum Gasteiger partial charge on any atom is -0.483 e. The van der Waals surface area contributed by atoms with E-state index < -0.39 is 11.9 Å². The number of amides is 1. The Labute approximate surface area is 151 Å². The number of para-hydroxylation sites is 1. The summed E-state index contributed by atoms with van der Waals surface area (Å²) in [6.45, 7) is 5.07. The lowest BCUT2D eigenvalue weighted by atomic mass is 10.0. The van der Waals surface area contributed by atoms with Crippen LogP contribution in [0.1, 0.15) is 34.0 Å². The van der Waals surface area contributed by atoms with Gasteiger partial charge in [0.2, 0.25) is 0 Å². The molecule has 2 N–H and O–H groups in total. The number of rotatable bonds is 7. The van der Waals surface area contributed by atoms with E-state index in [0.29, 0.717) is 5.75 Å². The van der Waals surface area contributed by atoms with E-state index in [2.05, 4.69) is 5.32 Å². The normalized spacial score (nSPS) is 10.3. The van der Waals surface area contributed by atoms with Gasteiger partial charge in [-0.15, -0.1) is 0 Å². The maximum atomic E-state index is 12.1.